The lowest BCUT2D eigenvalue weighted by Crippen LogP contribution is -2.46. The van der Waals surface area contributed by atoms with Gasteiger partial charge in [0.15, 0.2) is 0 Å². The van der Waals surface area contributed by atoms with Crippen molar-refractivity contribution in [2.45, 2.75) is 44.6 Å². The molecule has 0 bridgehead atoms. The lowest BCUT2D eigenvalue weighted by molar-refractivity contribution is -0.137. The number of hydrogen-bond acceptors (Lipinski definition) is 4. The predicted molar refractivity (Wildman–Crippen MR) is 72.9 cm³/mol. The van der Waals surface area contributed by atoms with Gasteiger partial charge in [-0.1, -0.05) is 0 Å². The second-order valence-corrected chi connectivity index (χ2v) is 5.04. The highest BCUT2D eigenvalue weighted by Crippen LogP contribution is 2.11. The van der Waals surface area contributed by atoms with E-state index in [-0.39, 0.29) is 18.7 Å². The molecular weight excluding hydrogens is 262 g/mol. The van der Waals surface area contributed by atoms with E-state index >= 15 is 0 Å². The second kappa shape index (κ2) is 8.52. The summed E-state index contributed by atoms with van der Waals surface area (Å²) < 4.78 is 0. The molecule has 7 nitrogen and oxygen atoms in total. The van der Waals surface area contributed by atoms with Crippen molar-refractivity contribution in [3.05, 3.63) is 0 Å². The van der Waals surface area contributed by atoms with E-state index in [0.717, 1.165) is 25.9 Å². The minimum Gasteiger partial charge on any atom is -0.481 e. The molecule has 7 heteroatoms. The molecular formula is C13H23N3O4. The first-order valence-corrected chi connectivity index (χ1v) is 7.03. The third kappa shape index (κ3) is 6.01. The summed E-state index contributed by atoms with van der Waals surface area (Å²) in [4.78, 5) is 35.4. The van der Waals surface area contributed by atoms with Gasteiger partial charge in [-0.25, -0.2) is 0 Å². The number of primary amides is 1. The van der Waals surface area contributed by atoms with Gasteiger partial charge < -0.3 is 21.1 Å². The van der Waals surface area contributed by atoms with Crippen molar-refractivity contribution in [1.82, 2.24) is 10.2 Å². The summed E-state index contributed by atoms with van der Waals surface area (Å²) in [6.45, 7) is 1.95. The molecule has 0 aliphatic carbocycles. The van der Waals surface area contributed by atoms with Crippen LogP contribution >= 0.6 is 0 Å². The fraction of sp³-hybridized carbons (Fsp3) is 0.769. The van der Waals surface area contributed by atoms with Gasteiger partial charge in [0.2, 0.25) is 11.8 Å². The molecule has 0 aromatic rings. The van der Waals surface area contributed by atoms with Gasteiger partial charge in [-0.05, 0) is 32.2 Å². The number of nitrogens with one attached hydrogen (secondary N) is 1. The number of carboxylic acid groups (broad SMARTS) is 1. The van der Waals surface area contributed by atoms with Crippen LogP contribution < -0.4 is 11.1 Å². The second-order valence-electron chi connectivity index (χ2n) is 5.04. The summed E-state index contributed by atoms with van der Waals surface area (Å²) in [5, 5.41) is 11.6. The summed E-state index contributed by atoms with van der Waals surface area (Å²) in [5.74, 6) is -1.30. The lowest BCUT2D eigenvalue weighted by atomic mass is 10.1. The predicted octanol–water partition coefficient (Wildman–Crippen LogP) is -0.303. The molecule has 1 saturated heterocycles. The van der Waals surface area contributed by atoms with Gasteiger partial charge in [0.25, 0.3) is 0 Å². The van der Waals surface area contributed by atoms with Crippen LogP contribution in [0.4, 0.5) is 0 Å². The molecule has 1 aliphatic rings. The van der Waals surface area contributed by atoms with Crippen molar-refractivity contribution in [1.29, 1.82) is 0 Å². The smallest absolute Gasteiger partial charge is 0.303 e. The summed E-state index contributed by atoms with van der Waals surface area (Å²) in [5.41, 5.74) is 5.12. The standard InChI is InChI=1S/C13H23N3O4/c14-11(17)6-5-10(15-7-3-4-12(18)19)13(20)16-8-1-2-9-16/h10,15H,1-9H2,(H2,14,17)(H,18,19). The van der Waals surface area contributed by atoms with Gasteiger partial charge in [0, 0.05) is 25.9 Å². The van der Waals surface area contributed by atoms with Crippen LogP contribution in [0.3, 0.4) is 0 Å². The molecule has 1 aliphatic heterocycles. The number of nitrogens with two attached hydrogens (primary N) is 1. The maximum atomic E-state index is 12.3. The Hall–Kier alpha value is -1.63. The zero-order chi connectivity index (χ0) is 15.0. The maximum absolute atomic E-state index is 12.3. The lowest BCUT2D eigenvalue weighted by Gasteiger charge is -2.23. The molecule has 1 unspecified atom stereocenters. The Labute approximate surface area is 118 Å². The molecule has 1 rings (SSSR count). The number of carbonyl (C=O) groups is 3. The number of carbonyl (C=O) groups excluding carboxylic acids is 2. The molecule has 4 N–H and O–H groups in total. The van der Waals surface area contributed by atoms with Gasteiger partial charge in [-0.2, -0.15) is 0 Å². The minimum absolute atomic E-state index is 0.0147. The maximum Gasteiger partial charge on any atom is 0.303 e. The van der Waals surface area contributed by atoms with Crippen LogP contribution in [0.2, 0.25) is 0 Å². The van der Waals surface area contributed by atoms with Crippen LogP contribution in [0.5, 0.6) is 0 Å². The zero-order valence-electron chi connectivity index (χ0n) is 11.6. The minimum atomic E-state index is -0.855. The summed E-state index contributed by atoms with van der Waals surface area (Å²) >= 11 is 0. The SMILES string of the molecule is NC(=O)CCC(NCCCC(=O)O)C(=O)N1CCCC1. The van der Waals surface area contributed by atoms with Gasteiger partial charge in [0.1, 0.15) is 0 Å². The van der Waals surface area contributed by atoms with Crippen molar-refractivity contribution >= 4 is 17.8 Å². The largest absolute Gasteiger partial charge is 0.481 e. The Morgan fingerprint density at radius 1 is 1.20 bits per heavy atom. The van der Waals surface area contributed by atoms with Crippen molar-refractivity contribution in [3.8, 4) is 0 Å². The Morgan fingerprint density at radius 3 is 2.40 bits per heavy atom. The first-order valence-electron chi connectivity index (χ1n) is 7.03. The molecule has 114 valence electrons. The highest BCUT2D eigenvalue weighted by molar-refractivity contribution is 5.83. The van der Waals surface area contributed by atoms with E-state index in [4.69, 9.17) is 10.8 Å². The molecule has 0 spiro atoms. The number of nitrogens with zero attached hydrogens (tertiary/aromatic N) is 1. The quantitative estimate of drug-likeness (QED) is 0.503. The number of rotatable bonds is 9. The van der Waals surface area contributed by atoms with E-state index in [1.165, 1.54) is 0 Å². The Kier molecular flexibility index (Phi) is 7.00. The summed E-state index contributed by atoms with van der Waals surface area (Å²) in [6, 6.07) is -0.450. The molecule has 1 atom stereocenters. The monoisotopic (exact) mass is 285 g/mol. The van der Waals surface area contributed by atoms with E-state index in [9.17, 15) is 14.4 Å². The van der Waals surface area contributed by atoms with Crippen molar-refractivity contribution in [3.63, 3.8) is 0 Å². The van der Waals surface area contributed by atoms with E-state index in [0.29, 0.717) is 19.4 Å². The van der Waals surface area contributed by atoms with Crippen LogP contribution in [0.25, 0.3) is 0 Å². The molecule has 1 fully saturated rings. The van der Waals surface area contributed by atoms with E-state index in [2.05, 4.69) is 5.32 Å². The normalized spacial score (nSPS) is 16.1. The van der Waals surface area contributed by atoms with Crippen molar-refractivity contribution < 1.29 is 19.5 Å². The molecule has 1 heterocycles. The highest BCUT2D eigenvalue weighted by Gasteiger charge is 2.26. The zero-order valence-corrected chi connectivity index (χ0v) is 11.6. The average molecular weight is 285 g/mol. The van der Waals surface area contributed by atoms with Gasteiger partial charge in [0.05, 0.1) is 6.04 Å². The molecule has 0 radical (unpaired) electrons. The Balaban J connectivity index is 2.43. The topological polar surface area (TPSA) is 113 Å². The number of carboxylic acids is 1. The third-order valence-corrected chi connectivity index (χ3v) is 3.35. The number of amides is 2. The van der Waals surface area contributed by atoms with Crippen molar-refractivity contribution in [2.24, 2.45) is 5.73 Å². The fourth-order valence-electron chi connectivity index (χ4n) is 2.27. The van der Waals surface area contributed by atoms with E-state index in [1.807, 2.05) is 0 Å². The highest BCUT2D eigenvalue weighted by atomic mass is 16.4. The van der Waals surface area contributed by atoms with Crippen LogP contribution in [0, 0.1) is 0 Å². The molecule has 0 saturated carbocycles. The number of aliphatic carboxylic acids is 1. The van der Waals surface area contributed by atoms with Crippen LogP contribution in [-0.2, 0) is 14.4 Å². The molecule has 0 aromatic carbocycles. The summed E-state index contributed by atoms with van der Waals surface area (Å²) in [7, 11) is 0. The third-order valence-electron chi connectivity index (χ3n) is 3.35. The molecule has 2 amide bonds. The van der Waals surface area contributed by atoms with Crippen molar-refractivity contribution in [2.75, 3.05) is 19.6 Å². The van der Waals surface area contributed by atoms with E-state index < -0.39 is 17.9 Å². The Morgan fingerprint density at radius 2 is 1.85 bits per heavy atom. The molecule has 20 heavy (non-hydrogen) atoms. The first kappa shape index (κ1) is 16.4. The van der Waals surface area contributed by atoms with Crippen LogP contribution in [0.1, 0.15) is 38.5 Å². The molecule has 0 aromatic heterocycles. The van der Waals surface area contributed by atoms with Gasteiger partial charge >= 0.3 is 5.97 Å². The number of likely N-dealkylation sites (tertiary alicyclic amines) is 1. The van der Waals surface area contributed by atoms with Crippen LogP contribution in [-0.4, -0.2) is 53.5 Å². The number of hydrogen-bond donors (Lipinski definition) is 3. The first-order chi connectivity index (χ1) is 9.50. The van der Waals surface area contributed by atoms with Gasteiger partial charge in [-0.3, -0.25) is 14.4 Å². The fourth-order valence-corrected chi connectivity index (χ4v) is 2.27. The summed E-state index contributed by atoms with van der Waals surface area (Å²) in [6.07, 6.45) is 3.04. The van der Waals surface area contributed by atoms with Gasteiger partial charge in [-0.15, -0.1) is 0 Å². The van der Waals surface area contributed by atoms with Crippen LogP contribution in [0.15, 0.2) is 0 Å². The average Bonchev–Trinajstić information content (AvgIpc) is 2.90. The Bertz CT molecular complexity index is 354. The van der Waals surface area contributed by atoms with E-state index in [1.54, 1.807) is 4.90 Å².